The highest BCUT2D eigenvalue weighted by atomic mass is 79.9. The predicted molar refractivity (Wildman–Crippen MR) is 114 cm³/mol. The summed E-state index contributed by atoms with van der Waals surface area (Å²) in [5.74, 6) is 1.10. The molecule has 0 atom stereocenters. The molecule has 2 aromatic heterocycles. The van der Waals surface area contributed by atoms with E-state index in [1.807, 2.05) is 30.3 Å². The van der Waals surface area contributed by atoms with Crippen LogP contribution in [0.25, 0.3) is 22.2 Å². The Bertz CT molecular complexity index is 1140. The number of ether oxygens (including phenoxy) is 1. The minimum Gasteiger partial charge on any atom is -0.454 e. The van der Waals surface area contributed by atoms with E-state index in [4.69, 9.17) is 32.9 Å². The molecule has 2 aromatic carbocycles. The van der Waals surface area contributed by atoms with E-state index in [1.165, 1.54) is 0 Å². The second-order valence-corrected chi connectivity index (χ2v) is 7.65. The number of rotatable bonds is 3. The zero-order chi connectivity index (χ0) is 19.0. The molecule has 0 N–H and O–H groups in total. The number of nitrogens with zero attached hydrogens (tertiary/aromatic N) is 2. The number of para-hydroxylation sites is 1. The van der Waals surface area contributed by atoms with Crippen LogP contribution in [-0.4, -0.2) is 9.97 Å². The van der Waals surface area contributed by atoms with Crippen molar-refractivity contribution in [1.29, 1.82) is 0 Å². The maximum absolute atomic E-state index is 6.20. The van der Waals surface area contributed by atoms with Crippen LogP contribution in [0.5, 0.6) is 11.5 Å². The summed E-state index contributed by atoms with van der Waals surface area (Å²) >= 11 is 15.8. The number of pyridine rings is 2. The van der Waals surface area contributed by atoms with Crippen LogP contribution >= 0.6 is 39.1 Å². The van der Waals surface area contributed by atoms with E-state index >= 15 is 0 Å². The molecule has 0 unspecified atom stereocenters. The van der Waals surface area contributed by atoms with Gasteiger partial charge in [-0.05, 0) is 76.9 Å². The summed E-state index contributed by atoms with van der Waals surface area (Å²) in [7, 11) is 0. The predicted octanol–water partition coefficient (Wildman–Crippen LogP) is 7.47. The molecule has 0 aliphatic heterocycles. The third kappa shape index (κ3) is 3.79. The standard InChI is InChI=1S/C21H13BrCl2N2O/c1-12-9-19(13-7-8-25-20(22)10-13)26-18-6-5-14(11-15(12)18)27-21-16(23)3-2-4-17(21)24/h2-11H,1H3. The Balaban J connectivity index is 1.75. The van der Waals surface area contributed by atoms with Gasteiger partial charge in [0.15, 0.2) is 5.75 Å². The Hall–Kier alpha value is -2.14. The van der Waals surface area contributed by atoms with Gasteiger partial charge in [0.1, 0.15) is 10.4 Å². The third-order valence-electron chi connectivity index (χ3n) is 4.15. The summed E-state index contributed by atoms with van der Waals surface area (Å²) in [5, 5.41) is 1.94. The number of aryl methyl sites for hydroxylation is 1. The smallest absolute Gasteiger partial charge is 0.164 e. The van der Waals surface area contributed by atoms with Gasteiger partial charge in [0.25, 0.3) is 0 Å². The molecule has 134 valence electrons. The molecular weight excluding hydrogens is 447 g/mol. The first-order valence-corrected chi connectivity index (χ1v) is 9.71. The Labute approximate surface area is 175 Å². The minimum absolute atomic E-state index is 0.448. The van der Waals surface area contributed by atoms with Crippen LogP contribution in [0.4, 0.5) is 0 Å². The lowest BCUT2D eigenvalue weighted by Gasteiger charge is -2.12. The highest BCUT2D eigenvalue weighted by molar-refractivity contribution is 9.10. The second kappa shape index (κ2) is 7.47. The topological polar surface area (TPSA) is 35.0 Å². The van der Waals surface area contributed by atoms with Gasteiger partial charge in [-0.25, -0.2) is 9.97 Å². The monoisotopic (exact) mass is 458 g/mol. The summed E-state index contributed by atoms with van der Waals surface area (Å²) in [4.78, 5) is 8.94. The quantitative estimate of drug-likeness (QED) is 0.298. The fraction of sp³-hybridized carbons (Fsp3) is 0.0476. The van der Waals surface area contributed by atoms with Gasteiger partial charge in [-0.15, -0.1) is 0 Å². The normalized spacial score (nSPS) is 11.0. The van der Waals surface area contributed by atoms with Crippen LogP contribution < -0.4 is 4.74 Å². The van der Waals surface area contributed by atoms with E-state index in [1.54, 1.807) is 24.4 Å². The zero-order valence-electron chi connectivity index (χ0n) is 14.2. The lowest BCUT2D eigenvalue weighted by molar-refractivity contribution is 0.484. The Morgan fingerprint density at radius 1 is 0.963 bits per heavy atom. The summed E-state index contributed by atoms with van der Waals surface area (Å²) in [6.07, 6.45) is 1.75. The van der Waals surface area contributed by atoms with Crippen LogP contribution in [0.3, 0.4) is 0 Å². The molecule has 27 heavy (non-hydrogen) atoms. The molecule has 0 fully saturated rings. The largest absolute Gasteiger partial charge is 0.454 e. The van der Waals surface area contributed by atoms with Crippen molar-refractivity contribution >= 4 is 50.0 Å². The SMILES string of the molecule is Cc1cc(-c2ccnc(Br)c2)nc2ccc(Oc3c(Cl)cccc3Cl)cc12. The molecule has 0 radical (unpaired) electrons. The first-order valence-electron chi connectivity index (χ1n) is 8.16. The minimum atomic E-state index is 0.448. The molecule has 4 rings (SSSR count). The second-order valence-electron chi connectivity index (χ2n) is 6.02. The summed E-state index contributed by atoms with van der Waals surface area (Å²) in [6, 6.07) is 17.0. The summed E-state index contributed by atoms with van der Waals surface area (Å²) < 4.78 is 6.71. The van der Waals surface area contributed by atoms with Gasteiger partial charge in [-0.1, -0.05) is 29.3 Å². The van der Waals surface area contributed by atoms with Crippen molar-refractivity contribution < 1.29 is 4.74 Å². The average Bonchev–Trinajstić information content (AvgIpc) is 2.65. The van der Waals surface area contributed by atoms with E-state index in [0.717, 1.165) is 32.3 Å². The molecule has 0 saturated carbocycles. The maximum atomic E-state index is 6.20. The van der Waals surface area contributed by atoms with Gasteiger partial charge in [0, 0.05) is 17.1 Å². The van der Waals surface area contributed by atoms with Crippen molar-refractivity contribution in [2.45, 2.75) is 6.92 Å². The van der Waals surface area contributed by atoms with Crippen molar-refractivity contribution in [3.63, 3.8) is 0 Å². The van der Waals surface area contributed by atoms with E-state index in [0.29, 0.717) is 21.5 Å². The number of aromatic nitrogens is 2. The molecule has 0 spiro atoms. The van der Waals surface area contributed by atoms with Crippen LogP contribution in [0.1, 0.15) is 5.56 Å². The number of fused-ring (bicyclic) bond motifs is 1. The number of benzene rings is 2. The van der Waals surface area contributed by atoms with Crippen molar-refractivity contribution in [1.82, 2.24) is 9.97 Å². The highest BCUT2D eigenvalue weighted by Gasteiger charge is 2.11. The summed E-state index contributed by atoms with van der Waals surface area (Å²) in [5.41, 5.74) is 3.88. The van der Waals surface area contributed by atoms with Crippen molar-refractivity contribution in [2.75, 3.05) is 0 Å². The number of hydrogen-bond acceptors (Lipinski definition) is 3. The Kier molecular flexibility index (Phi) is 5.04. The van der Waals surface area contributed by atoms with E-state index in [9.17, 15) is 0 Å². The average molecular weight is 460 g/mol. The van der Waals surface area contributed by atoms with Crippen molar-refractivity contribution in [3.8, 4) is 22.8 Å². The maximum Gasteiger partial charge on any atom is 0.164 e. The van der Waals surface area contributed by atoms with Gasteiger partial charge in [0.05, 0.1) is 21.3 Å². The van der Waals surface area contributed by atoms with Gasteiger partial charge >= 0.3 is 0 Å². The first-order chi connectivity index (χ1) is 13.0. The van der Waals surface area contributed by atoms with Crippen LogP contribution in [0, 0.1) is 6.92 Å². The molecule has 0 aliphatic carbocycles. The van der Waals surface area contributed by atoms with Gasteiger partial charge in [-0.3, -0.25) is 0 Å². The Morgan fingerprint density at radius 3 is 2.48 bits per heavy atom. The molecule has 2 heterocycles. The van der Waals surface area contributed by atoms with Crippen LogP contribution in [0.15, 0.2) is 65.4 Å². The first kappa shape index (κ1) is 18.2. The fourth-order valence-corrected chi connectivity index (χ4v) is 3.68. The van der Waals surface area contributed by atoms with Gasteiger partial charge in [0.2, 0.25) is 0 Å². The van der Waals surface area contributed by atoms with Crippen LogP contribution in [-0.2, 0) is 0 Å². The lowest BCUT2D eigenvalue weighted by atomic mass is 10.1. The lowest BCUT2D eigenvalue weighted by Crippen LogP contribution is -1.91. The van der Waals surface area contributed by atoms with Crippen LogP contribution in [0.2, 0.25) is 10.0 Å². The fourth-order valence-electron chi connectivity index (χ4n) is 2.84. The van der Waals surface area contributed by atoms with E-state index < -0.39 is 0 Å². The molecule has 4 aromatic rings. The molecule has 0 aliphatic rings. The van der Waals surface area contributed by atoms with Gasteiger partial charge < -0.3 is 4.74 Å². The van der Waals surface area contributed by atoms with Crippen molar-refractivity contribution in [3.05, 3.63) is 81.0 Å². The molecule has 3 nitrogen and oxygen atoms in total. The van der Waals surface area contributed by atoms with Crippen molar-refractivity contribution in [2.24, 2.45) is 0 Å². The third-order valence-corrected chi connectivity index (χ3v) is 5.18. The molecular formula is C21H13BrCl2N2O. The van der Waals surface area contributed by atoms with E-state index in [2.05, 4.69) is 33.9 Å². The Morgan fingerprint density at radius 2 is 1.74 bits per heavy atom. The number of halogens is 3. The summed E-state index contributed by atoms with van der Waals surface area (Å²) in [6.45, 7) is 2.05. The highest BCUT2D eigenvalue weighted by Crippen LogP contribution is 2.37. The molecule has 0 saturated heterocycles. The molecule has 0 bridgehead atoms. The van der Waals surface area contributed by atoms with Gasteiger partial charge in [-0.2, -0.15) is 0 Å². The molecule has 0 amide bonds. The van der Waals surface area contributed by atoms with E-state index in [-0.39, 0.29) is 0 Å². The number of hydrogen-bond donors (Lipinski definition) is 0. The molecule has 6 heteroatoms. The zero-order valence-corrected chi connectivity index (χ0v) is 17.3.